The molecule has 96 valence electrons. The summed E-state index contributed by atoms with van der Waals surface area (Å²) in [7, 11) is 0. The molecule has 18 heavy (non-hydrogen) atoms. The topological polar surface area (TPSA) is 25.2 Å². The van der Waals surface area contributed by atoms with Gasteiger partial charge in [-0.2, -0.15) is 0 Å². The van der Waals surface area contributed by atoms with Crippen LogP contribution >= 0.6 is 0 Å². The van der Waals surface area contributed by atoms with Crippen molar-refractivity contribution in [1.29, 1.82) is 0 Å². The van der Waals surface area contributed by atoms with Crippen LogP contribution in [-0.2, 0) is 6.54 Å². The third kappa shape index (κ3) is 2.79. The second kappa shape index (κ2) is 5.36. The predicted octanol–water partition coefficient (Wildman–Crippen LogP) is 3.89. The summed E-state index contributed by atoms with van der Waals surface area (Å²) in [6.45, 7) is 6.62. The van der Waals surface area contributed by atoms with Crippen molar-refractivity contribution < 1.29 is 8.81 Å². The van der Waals surface area contributed by atoms with Crippen LogP contribution in [0.5, 0.6) is 0 Å². The Morgan fingerprint density at radius 1 is 1.28 bits per heavy atom. The Bertz CT molecular complexity index is 531. The molecule has 1 N–H and O–H groups in total. The molecule has 0 saturated carbocycles. The zero-order chi connectivity index (χ0) is 13.1. The van der Waals surface area contributed by atoms with Gasteiger partial charge in [-0.1, -0.05) is 19.9 Å². The number of rotatable bonds is 4. The monoisotopic (exact) mass is 247 g/mol. The summed E-state index contributed by atoms with van der Waals surface area (Å²) in [6.07, 6.45) is 1.67. The van der Waals surface area contributed by atoms with Crippen LogP contribution in [-0.4, -0.2) is 6.04 Å². The lowest BCUT2D eigenvalue weighted by Gasteiger charge is -2.08. The molecule has 0 aliphatic carbocycles. The quantitative estimate of drug-likeness (QED) is 0.886. The average molecular weight is 247 g/mol. The molecule has 1 aromatic heterocycles. The molecular formula is C15H18FNO. The Balaban J connectivity index is 2.27. The number of nitrogens with one attached hydrogen (secondary N) is 1. The zero-order valence-electron chi connectivity index (χ0n) is 11.0. The van der Waals surface area contributed by atoms with Gasteiger partial charge in [-0.05, 0) is 36.2 Å². The molecule has 3 heteroatoms. The molecule has 2 rings (SSSR count). The van der Waals surface area contributed by atoms with Gasteiger partial charge >= 0.3 is 0 Å². The summed E-state index contributed by atoms with van der Waals surface area (Å²) < 4.78 is 18.7. The highest BCUT2D eigenvalue weighted by Crippen LogP contribution is 2.26. The van der Waals surface area contributed by atoms with Gasteiger partial charge in [-0.15, -0.1) is 0 Å². The summed E-state index contributed by atoms with van der Waals surface area (Å²) in [4.78, 5) is 0. The van der Waals surface area contributed by atoms with E-state index in [0.717, 1.165) is 16.9 Å². The summed E-state index contributed by atoms with van der Waals surface area (Å²) >= 11 is 0. The SMILES string of the molecule is Cc1cc(-c2ccoc2CNC(C)C)ccc1F. The fourth-order valence-corrected chi connectivity index (χ4v) is 1.84. The second-order valence-corrected chi connectivity index (χ2v) is 4.76. The lowest BCUT2D eigenvalue weighted by Crippen LogP contribution is -2.21. The zero-order valence-corrected chi connectivity index (χ0v) is 11.0. The van der Waals surface area contributed by atoms with Crippen molar-refractivity contribution in [2.24, 2.45) is 0 Å². The van der Waals surface area contributed by atoms with Gasteiger partial charge in [0.25, 0.3) is 0 Å². The van der Waals surface area contributed by atoms with E-state index < -0.39 is 0 Å². The van der Waals surface area contributed by atoms with E-state index in [2.05, 4.69) is 19.2 Å². The van der Waals surface area contributed by atoms with E-state index in [4.69, 9.17) is 4.42 Å². The van der Waals surface area contributed by atoms with E-state index >= 15 is 0 Å². The van der Waals surface area contributed by atoms with Crippen LogP contribution in [0.15, 0.2) is 34.9 Å². The molecule has 0 amide bonds. The van der Waals surface area contributed by atoms with E-state index in [-0.39, 0.29) is 5.82 Å². The molecule has 2 nitrogen and oxygen atoms in total. The highest BCUT2D eigenvalue weighted by Gasteiger charge is 2.10. The minimum absolute atomic E-state index is 0.177. The molecule has 0 aliphatic heterocycles. The van der Waals surface area contributed by atoms with E-state index in [1.54, 1.807) is 19.3 Å². The van der Waals surface area contributed by atoms with Gasteiger partial charge < -0.3 is 9.73 Å². The van der Waals surface area contributed by atoms with Crippen molar-refractivity contribution in [3.8, 4) is 11.1 Å². The van der Waals surface area contributed by atoms with Crippen LogP contribution in [0.25, 0.3) is 11.1 Å². The van der Waals surface area contributed by atoms with Crippen LogP contribution in [0.1, 0.15) is 25.2 Å². The Labute approximate surface area is 107 Å². The number of benzene rings is 1. The van der Waals surface area contributed by atoms with Gasteiger partial charge in [-0.25, -0.2) is 4.39 Å². The lowest BCUT2D eigenvalue weighted by atomic mass is 10.0. The third-order valence-corrected chi connectivity index (χ3v) is 2.89. The lowest BCUT2D eigenvalue weighted by molar-refractivity contribution is 0.466. The van der Waals surface area contributed by atoms with Crippen LogP contribution in [0.4, 0.5) is 4.39 Å². The Morgan fingerprint density at radius 2 is 2.06 bits per heavy atom. The maximum absolute atomic E-state index is 13.3. The van der Waals surface area contributed by atoms with Crippen molar-refractivity contribution in [1.82, 2.24) is 5.32 Å². The van der Waals surface area contributed by atoms with E-state index in [1.165, 1.54) is 6.07 Å². The minimum Gasteiger partial charge on any atom is -0.467 e. The molecule has 0 unspecified atom stereocenters. The van der Waals surface area contributed by atoms with Crippen LogP contribution < -0.4 is 5.32 Å². The highest BCUT2D eigenvalue weighted by atomic mass is 19.1. The number of furan rings is 1. The molecule has 0 bridgehead atoms. The number of aryl methyl sites for hydroxylation is 1. The van der Waals surface area contributed by atoms with Crippen molar-refractivity contribution in [3.05, 3.63) is 47.7 Å². The highest BCUT2D eigenvalue weighted by molar-refractivity contribution is 5.66. The molecule has 0 aliphatic rings. The van der Waals surface area contributed by atoms with E-state index in [1.807, 2.05) is 12.1 Å². The molecule has 2 aromatic rings. The standard InChI is InChI=1S/C15H18FNO/c1-10(2)17-9-15-13(6-7-18-15)12-4-5-14(16)11(3)8-12/h4-8,10,17H,9H2,1-3H3. The molecule has 0 spiro atoms. The van der Waals surface area contributed by atoms with Gasteiger partial charge in [-0.3, -0.25) is 0 Å². The normalized spacial score (nSPS) is 11.2. The number of hydrogen-bond donors (Lipinski definition) is 1. The molecular weight excluding hydrogens is 229 g/mol. The first-order chi connectivity index (χ1) is 8.58. The minimum atomic E-state index is -0.177. The van der Waals surface area contributed by atoms with Gasteiger partial charge in [0, 0.05) is 11.6 Å². The number of halogens is 1. The molecule has 0 fully saturated rings. The Kier molecular flexibility index (Phi) is 3.82. The molecule has 1 aromatic carbocycles. The Hall–Kier alpha value is -1.61. The average Bonchev–Trinajstić information content (AvgIpc) is 2.78. The van der Waals surface area contributed by atoms with Gasteiger partial charge in [0.05, 0.1) is 12.8 Å². The van der Waals surface area contributed by atoms with Crippen molar-refractivity contribution in [2.45, 2.75) is 33.4 Å². The fraction of sp³-hybridized carbons (Fsp3) is 0.333. The maximum atomic E-state index is 13.3. The van der Waals surface area contributed by atoms with Gasteiger partial charge in [0.1, 0.15) is 11.6 Å². The van der Waals surface area contributed by atoms with Gasteiger partial charge in [0.15, 0.2) is 0 Å². The predicted molar refractivity (Wildman–Crippen MR) is 70.8 cm³/mol. The first-order valence-corrected chi connectivity index (χ1v) is 6.14. The van der Waals surface area contributed by atoms with Crippen LogP contribution in [0.3, 0.4) is 0 Å². The fourth-order valence-electron chi connectivity index (χ4n) is 1.84. The van der Waals surface area contributed by atoms with E-state index in [9.17, 15) is 4.39 Å². The van der Waals surface area contributed by atoms with Crippen LogP contribution in [0.2, 0.25) is 0 Å². The van der Waals surface area contributed by atoms with E-state index in [0.29, 0.717) is 18.2 Å². The first kappa shape index (κ1) is 12.8. The number of hydrogen-bond acceptors (Lipinski definition) is 2. The second-order valence-electron chi connectivity index (χ2n) is 4.76. The van der Waals surface area contributed by atoms with Crippen LogP contribution in [0, 0.1) is 12.7 Å². The van der Waals surface area contributed by atoms with Crippen molar-refractivity contribution in [2.75, 3.05) is 0 Å². The largest absolute Gasteiger partial charge is 0.467 e. The van der Waals surface area contributed by atoms with Gasteiger partial charge in [0.2, 0.25) is 0 Å². The summed E-state index contributed by atoms with van der Waals surface area (Å²) in [5, 5.41) is 3.32. The maximum Gasteiger partial charge on any atom is 0.126 e. The first-order valence-electron chi connectivity index (χ1n) is 6.14. The molecule has 0 radical (unpaired) electrons. The van der Waals surface area contributed by atoms with Crippen molar-refractivity contribution in [3.63, 3.8) is 0 Å². The van der Waals surface area contributed by atoms with Crippen molar-refractivity contribution >= 4 is 0 Å². The third-order valence-electron chi connectivity index (χ3n) is 2.89. The molecule has 0 atom stereocenters. The summed E-state index contributed by atoms with van der Waals surface area (Å²) in [6, 6.07) is 7.45. The molecule has 1 heterocycles. The molecule has 0 saturated heterocycles. The summed E-state index contributed by atoms with van der Waals surface area (Å²) in [5.74, 6) is 0.707. The summed E-state index contributed by atoms with van der Waals surface area (Å²) in [5.41, 5.74) is 2.66. The Morgan fingerprint density at radius 3 is 2.72 bits per heavy atom. The smallest absolute Gasteiger partial charge is 0.126 e.